The van der Waals surface area contributed by atoms with Gasteiger partial charge in [-0.15, -0.1) is 0 Å². The Kier molecular flexibility index (Phi) is 5.48. The van der Waals surface area contributed by atoms with Crippen LogP contribution in [0.2, 0.25) is 5.02 Å². The van der Waals surface area contributed by atoms with Crippen LogP contribution in [0.25, 0.3) is 11.0 Å². The Bertz CT molecular complexity index is 1070. The molecule has 0 saturated carbocycles. The maximum atomic E-state index is 13.3. The molecule has 6 nitrogen and oxygen atoms in total. The minimum absolute atomic E-state index is 0.0331. The number of carbonyl (C=O) groups excluding carboxylic acids is 1. The SMILES string of the molecule is Cc1ccc2nc(N3CCC[C@@H](C(=O)N4CCN(c5ccc(Cl)cc5)CC4)C3)[nH]c2c1. The standard InChI is InChI=1S/C24H28ClN5O/c1-17-4-9-21-22(15-17)27-24(26-21)30-10-2-3-18(16-30)23(31)29-13-11-28(12-14-29)20-7-5-19(25)6-8-20/h4-9,15,18H,2-3,10-14,16H2,1H3,(H,26,27)/t18-/m1/s1. The molecular formula is C24H28ClN5O. The third-order valence-electron chi connectivity index (χ3n) is 6.48. The number of benzene rings is 2. The number of rotatable bonds is 3. The molecule has 0 spiro atoms. The Labute approximate surface area is 187 Å². The van der Waals surface area contributed by atoms with E-state index in [4.69, 9.17) is 16.6 Å². The first-order chi connectivity index (χ1) is 15.1. The number of nitrogens with one attached hydrogen (secondary N) is 1. The first-order valence-electron chi connectivity index (χ1n) is 11.1. The van der Waals surface area contributed by atoms with Crippen LogP contribution in [0.4, 0.5) is 11.6 Å². The summed E-state index contributed by atoms with van der Waals surface area (Å²) in [6, 6.07) is 14.2. The van der Waals surface area contributed by atoms with E-state index in [1.54, 1.807) is 0 Å². The van der Waals surface area contributed by atoms with E-state index in [-0.39, 0.29) is 11.8 Å². The van der Waals surface area contributed by atoms with Gasteiger partial charge in [-0.3, -0.25) is 4.79 Å². The number of aromatic nitrogens is 2. The topological polar surface area (TPSA) is 55.5 Å². The van der Waals surface area contributed by atoms with Crippen molar-refractivity contribution in [2.24, 2.45) is 5.92 Å². The number of hydrogen-bond donors (Lipinski definition) is 1. The molecule has 0 aliphatic carbocycles. The van der Waals surface area contributed by atoms with E-state index in [0.717, 1.165) is 74.1 Å². The molecule has 2 saturated heterocycles. The number of halogens is 1. The van der Waals surface area contributed by atoms with E-state index in [9.17, 15) is 4.79 Å². The molecule has 3 heterocycles. The number of piperidine rings is 1. The Hall–Kier alpha value is -2.73. The van der Waals surface area contributed by atoms with Gasteiger partial charge in [0.15, 0.2) is 0 Å². The minimum Gasteiger partial charge on any atom is -0.368 e. The number of H-pyrrole nitrogens is 1. The zero-order valence-corrected chi connectivity index (χ0v) is 18.6. The Morgan fingerprint density at radius 3 is 2.58 bits per heavy atom. The molecule has 1 amide bonds. The van der Waals surface area contributed by atoms with Crippen LogP contribution in [-0.2, 0) is 4.79 Å². The number of anilines is 2. The van der Waals surface area contributed by atoms with Crippen LogP contribution in [-0.4, -0.2) is 60.0 Å². The van der Waals surface area contributed by atoms with Gasteiger partial charge in [0.1, 0.15) is 0 Å². The fraction of sp³-hybridized carbons (Fsp3) is 0.417. The lowest BCUT2D eigenvalue weighted by atomic mass is 9.96. The average molecular weight is 438 g/mol. The highest BCUT2D eigenvalue weighted by molar-refractivity contribution is 6.30. The van der Waals surface area contributed by atoms with Gasteiger partial charge in [0, 0.05) is 50.0 Å². The molecule has 2 aliphatic rings. The normalized spacial score (nSPS) is 19.8. The predicted octanol–water partition coefficient (Wildman–Crippen LogP) is 4.09. The van der Waals surface area contributed by atoms with E-state index < -0.39 is 0 Å². The van der Waals surface area contributed by atoms with Crippen molar-refractivity contribution in [2.75, 3.05) is 49.1 Å². The van der Waals surface area contributed by atoms with Gasteiger partial charge in [-0.05, 0) is 61.7 Å². The molecule has 7 heteroatoms. The fourth-order valence-electron chi connectivity index (χ4n) is 4.73. The summed E-state index contributed by atoms with van der Waals surface area (Å²) in [5.74, 6) is 1.20. The fourth-order valence-corrected chi connectivity index (χ4v) is 4.85. The van der Waals surface area contributed by atoms with E-state index in [0.29, 0.717) is 0 Å². The monoisotopic (exact) mass is 437 g/mol. The molecule has 1 atom stereocenters. The van der Waals surface area contributed by atoms with Crippen LogP contribution < -0.4 is 9.80 Å². The van der Waals surface area contributed by atoms with Crippen LogP contribution in [0.15, 0.2) is 42.5 Å². The molecule has 31 heavy (non-hydrogen) atoms. The molecule has 0 bridgehead atoms. The number of nitrogens with zero attached hydrogens (tertiary/aromatic N) is 4. The number of imidazole rings is 1. The van der Waals surface area contributed by atoms with Gasteiger partial charge in [0.2, 0.25) is 11.9 Å². The smallest absolute Gasteiger partial charge is 0.227 e. The third-order valence-corrected chi connectivity index (χ3v) is 6.73. The summed E-state index contributed by atoms with van der Waals surface area (Å²) in [7, 11) is 0. The van der Waals surface area contributed by atoms with Gasteiger partial charge in [-0.2, -0.15) is 0 Å². The quantitative estimate of drug-likeness (QED) is 0.670. The van der Waals surface area contributed by atoms with E-state index in [2.05, 4.69) is 39.9 Å². The lowest BCUT2D eigenvalue weighted by Gasteiger charge is -2.39. The van der Waals surface area contributed by atoms with E-state index >= 15 is 0 Å². The zero-order chi connectivity index (χ0) is 21.4. The zero-order valence-electron chi connectivity index (χ0n) is 17.9. The number of amides is 1. The van der Waals surface area contributed by atoms with Crippen molar-refractivity contribution in [2.45, 2.75) is 19.8 Å². The molecule has 162 valence electrons. The summed E-state index contributed by atoms with van der Waals surface area (Å²) in [5, 5.41) is 0.749. The maximum absolute atomic E-state index is 13.3. The van der Waals surface area contributed by atoms with Crippen molar-refractivity contribution in [1.82, 2.24) is 14.9 Å². The van der Waals surface area contributed by atoms with Gasteiger partial charge in [0.25, 0.3) is 0 Å². The van der Waals surface area contributed by atoms with E-state index in [1.165, 1.54) is 11.3 Å². The van der Waals surface area contributed by atoms with Crippen LogP contribution in [0.3, 0.4) is 0 Å². The molecule has 1 aromatic heterocycles. The number of aryl methyl sites for hydroxylation is 1. The lowest BCUT2D eigenvalue weighted by Crippen LogP contribution is -2.52. The van der Waals surface area contributed by atoms with Gasteiger partial charge in [0.05, 0.1) is 17.0 Å². The highest BCUT2D eigenvalue weighted by Crippen LogP contribution is 2.26. The van der Waals surface area contributed by atoms with E-state index in [1.807, 2.05) is 29.2 Å². The van der Waals surface area contributed by atoms with Crippen molar-refractivity contribution < 1.29 is 4.79 Å². The van der Waals surface area contributed by atoms with Gasteiger partial charge >= 0.3 is 0 Å². The van der Waals surface area contributed by atoms with Crippen molar-refractivity contribution in [3.63, 3.8) is 0 Å². The summed E-state index contributed by atoms with van der Waals surface area (Å²) < 4.78 is 0. The minimum atomic E-state index is 0.0331. The van der Waals surface area contributed by atoms with Crippen LogP contribution in [0.1, 0.15) is 18.4 Å². The van der Waals surface area contributed by atoms with Crippen LogP contribution in [0.5, 0.6) is 0 Å². The van der Waals surface area contributed by atoms with Crippen molar-refractivity contribution >= 4 is 40.2 Å². The Balaban J connectivity index is 1.22. The summed E-state index contributed by atoms with van der Waals surface area (Å²) in [5.41, 5.74) is 4.42. The molecule has 3 aromatic rings. The summed E-state index contributed by atoms with van der Waals surface area (Å²) in [4.78, 5) is 28.1. The van der Waals surface area contributed by atoms with Crippen molar-refractivity contribution in [1.29, 1.82) is 0 Å². The number of piperazine rings is 1. The Morgan fingerprint density at radius 1 is 1.03 bits per heavy atom. The first kappa shape index (κ1) is 20.2. The van der Waals surface area contributed by atoms with Crippen molar-refractivity contribution in [3.05, 3.63) is 53.1 Å². The molecule has 0 radical (unpaired) electrons. The second kappa shape index (κ2) is 8.42. The van der Waals surface area contributed by atoms with Crippen LogP contribution >= 0.6 is 11.6 Å². The molecular weight excluding hydrogens is 410 g/mol. The summed E-state index contributed by atoms with van der Waals surface area (Å²) >= 11 is 6.01. The molecule has 1 N–H and O–H groups in total. The molecule has 2 aromatic carbocycles. The number of hydrogen-bond acceptors (Lipinski definition) is 4. The molecule has 0 unspecified atom stereocenters. The number of aromatic amines is 1. The van der Waals surface area contributed by atoms with Crippen molar-refractivity contribution in [3.8, 4) is 0 Å². The summed E-state index contributed by atoms with van der Waals surface area (Å²) in [6.45, 7) is 6.99. The molecule has 2 fully saturated rings. The summed E-state index contributed by atoms with van der Waals surface area (Å²) in [6.07, 6.45) is 1.96. The second-order valence-electron chi connectivity index (χ2n) is 8.65. The molecule has 5 rings (SSSR count). The highest BCUT2D eigenvalue weighted by Gasteiger charge is 2.32. The van der Waals surface area contributed by atoms with Crippen LogP contribution in [0, 0.1) is 12.8 Å². The van der Waals surface area contributed by atoms with Gasteiger partial charge in [-0.1, -0.05) is 17.7 Å². The maximum Gasteiger partial charge on any atom is 0.227 e. The van der Waals surface area contributed by atoms with Gasteiger partial charge < -0.3 is 19.7 Å². The average Bonchev–Trinajstić information content (AvgIpc) is 3.23. The highest BCUT2D eigenvalue weighted by atomic mass is 35.5. The molecule has 2 aliphatic heterocycles. The first-order valence-corrected chi connectivity index (χ1v) is 11.5. The largest absolute Gasteiger partial charge is 0.368 e. The van der Waals surface area contributed by atoms with Gasteiger partial charge in [-0.25, -0.2) is 4.98 Å². The number of fused-ring (bicyclic) bond motifs is 1. The predicted molar refractivity (Wildman–Crippen MR) is 126 cm³/mol. The third kappa shape index (κ3) is 4.22. The number of carbonyl (C=O) groups is 1. The lowest BCUT2D eigenvalue weighted by molar-refractivity contribution is -0.136. The Morgan fingerprint density at radius 2 is 1.81 bits per heavy atom. The second-order valence-corrected chi connectivity index (χ2v) is 9.09.